The summed E-state index contributed by atoms with van der Waals surface area (Å²) in [6.07, 6.45) is 3.32. The maximum absolute atomic E-state index is 9.08. The van der Waals surface area contributed by atoms with Crippen LogP contribution in [0.4, 0.5) is 0 Å². The minimum atomic E-state index is -3.92. The average Bonchev–Trinajstić information content (AvgIpc) is 2.43. The van der Waals surface area contributed by atoms with Crippen molar-refractivity contribution in [3.8, 4) is 0 Å². The number of aliphatic imine (C=N–C) groups is 2. The first-order valence-corrected chi connectivity index (χ1v) is 13.3. The summed E-state index contributed by atoms with van der Waals surface area (Å²) in [5, 5.41) is 4.82. The zero-order chi connectivity index (χ0) is 24.2. The summed E-state index contributed by atoms with van der Waals surface area (Å²) in [7, 11) is -7.83. The molecule has 0 saturated carbocycles. The van der Waals surface area contributed by atoms with Crippen molar-refractivity contribution < 1.29 is 36.6 Å². The van der Waals surface area contributed by atoms with Crippen molar-refractivity contribution >= 4 is 31.7 Å². The van der Waals surface area contributed by atoms with Gasteiger partial charge in [0.25, 0.3) is 0 Å². The highest BCUT2D eigenvalue weighted by molar-refractivity contribution is 7.85. The third-order valence-corrected chi connectivity index (χ3v) is 3.84. The van der Waals surface area contributed by atoms with Crippen LogP contribution in [-0.2, 0) is 20.2 Å². The first-order chi connectivity index (χ1) is 13.2. The van der Waals surface area contributed by atoms with Gasteiger partial charge in [0.2, 0.25) is 0 Å². The molecule has 0 aromatic heterocycles. The lowest BCUT2D eigenvalue weighted by Crippen LogP contribution is -2.96. The number of quaternary nitrogens is 2. The molecular weight excluding hydrogens is 432 g/mol. The molecule has 0 aromatic carbocycles. The molecule has 0 fully saturated rings. The highest BCUT2D eigenvalue weighted by Gasteiger charge is 2.24. The highest BCUT2D eigenvalue weighted by atomic mass is 32.2. The van der Waals surface area contributed by atoms with Crippen LogP contribution in [-0.4, -0.2) is 87.1 Å². The maximum atomic E-state index is 9.08. The molecule has 1 rings (SSSR count). The SMILES string of the molecule is CC1=NCC[NH2+]C(C)(C)CC(C)=NCC[NH2+]C(C)(C)C1.CS(=O)(=O)[O-].CS(=O)(=O)[O-]. The van der Waals surface area contributed by atoms with Gasteiger partial charge in [-0.25, -0.2) is 16.8 Å². The Balaban J connectivity index is 0. The van der Waals surface area contributed by atoms with Crippen molar-refractivity contribution in [1.82, 2.24) is 0 Å². The average molecular weight is 473 g/mol. The molecule has 1 aliphatic rings. The Hall–Kier alpha value is -0.920. The van der Waals surface area contributed by atoms with E-state index in [0.29, 0.717) is 12.5 Å². The van der Waals surface area contributed by atoms with Crippen LogP contribution in [0, 0.1) is 0 Å². The Labute approximate surface area is 182 Å². The largest absolute Gasteiger partial charge is 0.748 e. The Morgan fingerprint density at radius 3 is 1.20 bits per heavy atom. The van der Waals surface area contributed by atoms with Gasteiger partial charge in [-0.2, -0.15) is 0 Å². The third kappa shape index (κ3) is 29.3. The van der Waals surface area contributed by atoms with Gasteiger partial charge in [0, 0.05) is 36.8 Å². The summed E-state index contributed by atoms with van der Waals surface area (Å²) in [6, 6.07) is 0. The monoisotopic (exact) mass is 472 g/mol. The number of hydrogen-bond acceptors (Lipinski definition) is 8. The summed E-state index contributed by atoms with van der Waals surface area (Å²) in [5.74, 6) is 0. The standard InChI is InChI=1S/C16H32N4.2CH4O3S/c1-13-11-15(3,4)19-10-8-18-14(2)12-16(5,6)20-9-7-17-13;2*1-5(2,3)4/h19-20H,7-12H2,1-6H3;2*1H3,(H,2,3,4). The van der Waals surface area contributed by atoms with E-state index in [9.17, 15) is 0 Å². The van der Waals surface area contributed by atoms with Crippen LogP contribution in [0.25, 0.3) is 0 Å². The van der Waals surface area contributed by atoms with Crippen molar-refractivity contribution in [3.05, 3.63) is 0 Å². The molecular formula is C18H40N4O6S2. The topological polar surface area (TPSA) is 172 Å². The second kappa shape index (κ2) is 13.5. The van der Waals surface area contributed by atoms with Crippen LogP contribution < -0.4 is 10.6 Å². The summed E-state index contributed by atoms with van der Waals surface area (Å²) >= 11 is 0. The van der Waals surface area contributed by atoms with Crippen LogP contribution in [0.1, 0.15) is 54.4 Å². The highest BCUT2D eigenvalue weighted by Crippen LogP contribution is 2.05. The molecule has 1 aliphatic heterocycles. The van der Waals surface area contributed by atoms with E-state index in [4.69, 9.17) is 35.9 Å². The minimum absolute atomic E-state index is 0.226. The van der Waals surface area contributed by atoms with E-state index in [0.717, 1.165) is 39.0 Å². The molecule has 180 valence electrons. The first-order valence-electron chi connectivity index (χ1n) is 9.70. The molecule has 0 atom stereocenters. The smallest absolute Gasteiger partial charge is 0.0958 e. The zero-order valence-electron chi connectivity index (χ0n) is 19.6. The fraction of sp³-hybridized carbons (Fsp3) is 0.889. The normalized spacial score (nSPS) is 20.7. The quantitative estimate of drug-likeness (QED) is 0.415. The van der Waals surface area contributed by atoms with Gasteiger partial charge < -0.3 is 19.7 Å². The van der Waals surface area contributed by atoms with Gasteiger partial charge in [0.05, 0.1) is 57.5 Å². The molecule has 0 bridgehead atoms. The van der Waals surface area contributed by atoms with Gasteiger partial charge in [0.1, 0.15) is 0 Å². The van der Waals surface area contributed by atoms with Gasteiger partial charge in [0.15, 0.2) is 0 Å². The van der Waals surface area contributed by atoms with Crippen LogP contribution in [0.5, 0.6) is 0 Å². The van der Waals surface area contributed by atoms with E-state index >= 15 is 0 Å². The van der Waals surface area contributed by atoms with Crippen LogP contribution in [0.3, 0.4) is 0 Å². The molecule has 0 aromatic rings. The Bertz CT molecular complexity index is 690. The Kier molecular flexibility index (Phi) is 14.1. The predicted octanol–water partition coefficient (Wildman–Crippen LogP) is -1.29. The number of nitrogens with zero attached hydrogens (tertiary/aromatic N) is 2. The summed E-state index contributed by atoms with van der Waals surface area (Å²) in [6.45, 7) is 17.5. The molecule has 0 amide bonds. The molecule has 0 aliphatic carbocycles. The fourth-order valence-corrected chi connectivity index (χ4v) is 3.00. The Morgan fingerprint density at radius 2 is 0.967 bits per heavy atom. The van der Waals surface area contributed by atoms with Crippen molar-refractivity contribution in [2.45, 2.75) is 65.5 Å². The minimum Gasteiger partial charge on any atom is -0.748 e. The maximum Gasteiger partial charge on any atom is 0.0958 e. The van der Waals surface area contributed by atoms with E-state index in [-0.39, 0.29) is 11.1 Å². The van der Waals surface area contributed by atoms with E-state index < -0.39 is 20.2 Å². The molecule has 0 unspecified atom stereocenters. The van der Waals surface area contributed by atoms with Crippen LogP contribution >= 0.6 is 0 Å². The summed E-state index contributed by atoms with van der Waals surface area (Å²) < 4.78 is 54.5. The number of rotatable bonds is 0. The molecule has 30 heavy (non-hydrogen) atoms. The van der Waals surface area contributed by atoms with Crippen LogP contribution in [0.15, 0.2) is 9.98 Å². The molecule has 12 heteroatoms. The van der Waals surface area contributed by atoms with Gasteiger partial charge in [-0.15, -0.1) is 0 Å². The van der Waals surface area contributed by atoms with Crippen LogP contribution in [0.2, 0.25) is 0 Å². The lowest BCUT2D eigenvalue weighted by molar-refractivity contribution is -0.718. The van der Waals surface area contributed by atoms with E-state index in [1.54, 1.807) is 0 Å². The van der Waals surface area contributed by atoms with E-state index in [1.165, 1.54) is 11.4 Å². The number of nitrogens with two attached hydrogens (primary N) is 2. The third-order valence-electron chi connectivity index (χ3n) is 3.84. The van der Waals surface area contributed by atoms with Gasteiger partial charge in [-0.05, 0) is 41.5 Å². The zero-order valence-corrected chi connectivity index (χ0v) is 21.2. The van der Waals surface area contributed by atoms with Gasteiger partial charge >= 0.3 is 0 Å². The number of hydrogen-bond donors (Lipinski definition) is 2. The Morgan fingerprint density at radius 1 is 0.733 bits per heavy atom. The lowest BCUT2D eigenvalue weighted by Gasteiger charge is -2.24. The van der Waals surface area contributed by atoms with E-state index in [1.807, 2.05) is 0 Å². The fourth-order valence-electron chi connectivity index (χ4n) is 3.00. The molecule has 0 saturated heterocycles. The molecule has 10 nitrogen and oxygen atoms in total. The predicted molar refractivity (Wildman–Crippen MR) is 118 cm³/mol. The second-order valence-corrected chi connectivity index (χ2v) is 11.8. The van der Waals surface area contributed by atoms with Crippen molar-refractivity contribution in [3.63, 3.8) is 0 Å². The second-order valence-electron chi connectivity index (χ2n) is 8.96. The first kappa shape index (κ1) is 31.3. The van der Waals surface area contributed by atoms with E-state index in [2.05, 4.69) is 52.2 Å². The summed E-state index contributed by atoms with van der Waals surface area (Å²) in [4.78, 5) is 9.45. The molecule has 0 radical (unpaired) electrons. The van der Waals surface area contributed by atoms with Crippen molar-refractivity contribution in [2.75, 3.05) is 38.7 Å². The van der Waals surface area contributed by atoms with Crippen molar-refractivity contribution in [2.24, 2.45) is 9.98 Å². The van der Waals surface area contributed by atoms with Crippen molar-refractivity contribution in [1.29, 1.82) is 0 Å². The molecule has 1 heterocycles. The summed E-state index contributed by atoms with van der Waals surface area (Å²) in [5.41, 5.74) is 3.00. The molecule has 4 N–H and O–H groups in total. The van der Waals surface area contributed by atoms with Gasteiger partial charge in [-0.3, -0.25) is 9.98 Å². The lowest BCUT2D eigenvalue weighted by atomic mass is 9.97. The molecule has 0 spiro atoms. The van der Waals surface area contributed by atoms with Gasteiger partial charge in [-0.1, -0.05) is 0 Å².